The zero-order chi connectivity index (χ0) is 23.2. The molecule has 0 saturated heterocycles. The van der Waals surface area contributed by atoms with Gasteiger partial charge in [-0.25, -0.2) is 0 Å². The third kappa shape index (κ3) is 4.83. The zero-order valence-electron chi connectivity index (χ0n) is 14.4. The van der Waals surface area contributed by atoms with E-state index in [-0.39, 0.29) is 21.5 Å². The molecule has 0 saturated carbocycles. The van der Waals surface area contributed by atoms with Crippen molar-refractivity contribution >= 4 is 69.6 Å². The molecular weight excluding hydrogens is 534 g/mol. The van der Waals surface area contributed by atoms with Gasteiger partial charge in [-0.2, -0.15) is 18.2 Å². The standard InChI is InChI=1S/C16H6Cl5F3N2O5/c17-7-5-11-12(6-8(7)18)31-16(30-11,15(19,20)21)25-13(14(22,23)24)29-10-4-2-1-3-9(10)26(27)28/h1-6H/b25-13+. The number of nitro benzene ring substituents is 1. The molecule has 0 unspecified atom stereocenters. The summed E-state index contributed by atoms with van der Waals surface area (Å²) < 4.78 is 53.6. The number of nitrogens with zero attached hydrogens (tertiary/aromatic N) is 2. The minimum atomic E-state index is -5.30. The van der Waals surface area contributed by atoms with Crippen LogP contribution in [0.1, 0.15) is 0 Å². The highest BCUT2D eigenvalue weighted by atomic mass is 35.6. The van der Waals surface area contributed by atoms with E-state index in [9.17, 15) is 23.3 Å². The molecule has 0 atom stereocenters. The lowest BCUT2D eigenvalue weighted by molar-refractivity contribution is -0.385. The lowest BCUT2D eigenvalue weighted by Gasteiger charge is -2.30. The third-order valence-electron chi connectivity index (χ3n) is 3.60. The number of benzene rings is 2. The maximum absolute atomic E-state index is 13.7. The molecule has 0 aliphatic carbocycles. The highest BCUT2D eigenvalue weighted by Crippen LogP contribution is 2.52. The summed E-state index contributed by atoms with van der Waals surface area (Å²) in [6, 6.07) is 6.52. The second-order valence-corrected chi connectivity index (χ2v) is 8.83. The van der Waals surface area contributed by atoms with Crippen molar-refractivity contribution in [2.45, 2.75) is 15.9 Å². The molecule has 0 aromatic heterocycles. The topological polar surface area (TPSA) is 83.2 Å². The van der Waals surface area contributed by atoms with E-state index in [4.69, 9.17) is 72.2 Å². The molecule has 0 fully saturated rings. The first-order valence-corrected chi connectivity index (χ1v) is 9.64. The summed E-state index contributed by atoms with van der Waals surface area (Å²) in [5.74, 6) is -6.20. The Morgan fingerprint density at radius 3 is 2.03 bits per heavy atom. The maximum atomic E-state index is 13.7. The first-order valence-electron chi connectivity index (χ1n) is 7.75. The van der Waals surface area contributed by atoms with Crippen LogP contribution in [0.4, 0.5) is 18.9 Å². The predicted octanol–water partition coefficient (Wildman–Crippen LogP) is 6.74. The second-order valence-electron chi connectivity index (χ2n) is 5.74. The Balaban J connectivity index is 2.12. The molecule has 15 heteroatoms. The van der Waals surface area contributed by atoms with E-state index >= 15 is 0 Å². The van der Waals surface area contributed by atoms with E-state index in [1.165, 1.54) is 12.1 Å². The van der Waals surface area contributed by atoms with Crippen LogP contribution in [-0.2, 0) is 0 Å². The van der Waals surface area contributed by atoms with Crippen molar-refractivity contribution in [3.05, 3.63) is 56.6 Å². The van der Waals surface area contributed by atoms with Gasteiger partial charge < -0.3 is 14.2 Å². The molecule has 0 spiro atoms. The minimum Gasteiger partial charge on any atom is -0.428 e. The van der Waals surface area contributed by atoms with Crippen LogP contribution in [0.3, 0.4) is 0 Å². The molecule has 31 heavy (non-hydrogen) atoms. The van der Waals surface area contributed by atoms with Gasteiger partial charge in [-0.1, -0.05) is 70.1 Å². The number of alkyl halides is 6. The van der Waals surface area contributed by atoms with Crippen molar-refractivity contribution in [2.24, 2.45) is 4.99 Å². The number of nitro groups is 1. The molecular formula is C16H6Cl5F3N2O5. The Morgan fingerprint density at radius 2 is 1.58 bits per heavy atom. The predicted molar refractivity (Wildman–Crippen MR) is 108 cm³/mol. The number of hydrogen-bond donors (Lipinski definition) is 0. The third-order valence-corrected chi connectivity index (χ3v) is 5.04. The Hall–Kier alpha value is -1.85. The van der Waals surface area contributed by atoms with Crippen LogP contribution in [0.5, 0.6) is 17.2 Å². The minimum absolute atomic E-state index is 0.0275. The molecule has 166 valence electrons. The normalized spacial score (nSPS) is 15.7. The van der Waals surface area contributed by atoms with Gasteiger partial charge in [-0.15, -0.1) is 0 Å². The number of halogens is 8. The zero-order valence-corrected chi connectivity index (χ0v) is 18.2. The number of para-hydroxylation sites is 2. The summed E-state index contributed by atoms with van der Waals surface area (Å²) in [5.41, 5.74) is -0.766. The van der Waals surface area contributed by atoms with E-state index in [2.05, 4.69) is 4.99 Å². The molecule has 2 aromatic carbocycles. The van der Waals surface area contributed by atoms with Gasteiger partial charge in [0.05, 0.1) is 15.0 Å². The second kappa shape index (κ2) is 8.25. The number of hydrogen-bond acceptors (Lipinski definition) is 6. The van der Waals surface area contributed by atoms with Crippen molar-refractivity contribution in [3.63, 3.8) is 0 Å². The molecule has 1 aliphatic heterocycles. The van der Waals surface area contributed by atoms with Gasteiger partial charge in [-0.05, 0) is 6.07 Å². The van der Waals surface area contributed by atoms with Gasteiger partial charge in [0.1, 0.15) is 0 Å². The number of fused-ring (bicyclic) bond motifs is 1. The average molecular weight is 540 g/mol. The first-order chi connectivity index (χ1) is 14.2. The Kier molecular flexibility index (Phi) is 6.34. The van der Waals surface area contributed by atoms with Gasteiger partial charge >= 0.3 is 23.7 Å². The molecule has 0 radical (unpaired) electrons. The molecule has 0 N–H and O–H groups in total. The van der Waals surface area contributed by atoms with Gasteiger partial charge in [0.25, 0.3) is 3.79 Å². The smallest absolute Gasteiger partial charge is 0.428 e. The SMILES string of the molecule is O=[N+]([O-])c1ccccc1O/C(=N/C1(C(Cl)(Cl)Cl)Oc2cc(Cl)c(Cl)cc2O1)C(F)(F)F. The maximum Gasteiger partial charge on any atom is 0.468 e. The van der Waals surface area contributed by atoms with Crippen molar-refractivity contribution in [3.8, 4) is 17.2 Å². The Labute approximate surface area is 196 Å². The highest BCUT2D eigenvalue weighted by molar-refractivity contribution is 6.68. The van der Waals surface area contributed by atoms with Crippen LogP contribution in [0.2, 0.25) is 10.0 Å². The molecule has 7 nitrogen and oxygen atoms in total. The van der Waals surface area contributed by atoms with Crippen LogP contribution >= 0.6 is 58.0 Å². The highest BCUT2D eigenvalue weighted by Gasteiger charge is 2.61. The first kappa shape index (κ1) is 23.8. The van der Waals surface area contributed by atoms with Crippen molar-refractivity contribution in [1.29, 1.82) is 0 Å². The van der Waals surface area contributed by atoms with Gasteiger partial charge in [0, 0.05) is 18.2 Å². The van der Waals surface area contributed by atoms with Crippen LogP contribution < -0.4 is 14.2 Å². The number of aliphatic imine (C=N–C) groups is 1. The largest absolute Gasteiger partial charge is 0.468 e. The summed E-state index contributed by atoms with van der Waals surface area (Å²) in [6.45, 7) is 0. The summed E-state index contributed by atoms with van der Waals surface area (Å²) in [7, 11) is 0. The number of rotatable bonds is 3. The van der Waals surface area contributed by atoms with E-state index in [1.807, 2.05) is 0 Å². The monoisotopic (exact) mass is 538 g/mol. The van der Waals surface area contributed by atoms with Crippen molar-refractivity contribution < 1.29 is 32.3 Å². The van der Waals surface area contributed by atoms with Gasteiger partial charge in [0.2, 0.25) is 5.75 Å². The van der Waals surface area contributed by atoms with Crippen molar-refractivity contribution in [2.75, 3.05) is 0 Å². The van der Waals surface area contributed by atoms with E-state index in [0.717, 1.165) is 24.3 Å². The Bertz CT molecular complexity index is 1040. The Morgan fingerprint density at radius 1 is 1.06 bits per heavy atom. The summed E-state index contributed by atoms with van der Waals surface area (Å²) in [4.78, 5) is 13.4. The fraction of sp³-hybridized carbons (Fsp3) is 0.188. The van der Waals surface area contributed by atoms with Crippen LogP contribution in [0, 0.1) is 10.1 Å². The van der Waals surface area contributed by atoms with Crippen LogP contribution in [0.25, 0.3) is 0 Å². The summed E-state index contributed by atoms with van der Waals surface area (Å²) >= 11 is 29.2. The van der Waals surface area contributed by atoms with E-state index < -0.39 is 38.1 Å². The van der Waals surface area contributed by atoms with E-state index in [0.29, 0.717) is 0 Å². The fourth-order valence-corrected chi connectivity index (χ4v) is 2.96. The van der Waals surface area contributed by atoms with Gasteiger partial charge in [-0.3, -0.25) is 10.1 Å². The van der Waals surface area contributed by atoms with E-state index in [1.54, 1.807) is 0 Å². The lowest BCUT2D eigenvalue weighted by atomic mass is 10.3. The van der Waals surface area contributed by atoms with Gasteiger partial charge in [0.15, 0.2) is 11.5 Å². The van der Waals surface area contributed by atoms with Crippen LogP contribution in [0.15, 0.2) is 41.4 Å². The average Bonchev–Trinajstić information content (AvgIpc) is 2.99. The van der Waals surface area contributed by atoms with Crippen molar-refractivity contribution in [1.82, 2.24) is 0 Å². The molecule has 1 heterocycles. The molecule has 1 aliphatic rings. The lowest BCUT2D eigenvalue weighted by Crippen LogP contribution is -2.51. The molecule has 0 bridgehead atoms. The molecule has 2 aromatic rings. The number of ether oxygens (including phenoxy) is 3. The van der Waals surface area contributed by atoms with Crippen LogP contribution in [-0.4, -0.2) is 26.7 Å². The molecule has 3 rings (SSSR count). The fourth-order valence-electron chi connectivity index (χ4n) is 2.29. The molecule has 0 amide bonds. The summed E-state index contributed by atoms with van der Waals surface area (Å²) in [5, 5.41) is 11.0. The summed E-state index contributed by atoms with van der Waals surface area (Å²) in [6.07, 6.45) is -5.30. The quantitative estimate of drug-likeness (QED) is 0.142.